The zero-order chi connectivity index (χ0) is 15.4. The molecule has 0 amide bonds. The molecule has 1 unspecified atom stereocenters. The standard InChI is InChI=1S/C16H21BrFNO2/c1-11(14-10-13(17)3-4-15(14)18)19-8-6-12(7-9-19)2-5-16(20)21/h3-4,10-12H,2,5-9H2,1H3,(H,20,21). The second-order valence-corrected chi connectivity index (χ2v) is 6.67. The van der Waals surface area contributed by atoms with Gasteiger partial charge in [-0.15, -0.1) is 0 Å². The summed E-state index contributed by atoms with van der Waals surface area (Å²) in [5, 5.41) is 8.73. The van der Waals surface area contributed by atoms with Crippen LogP contribution in [0.3, 0.4) is 0 Å². The minimum atomic E-state index is -0.720. The number of aliphatic carboxylic acids is 1. The monoisotopic (exact) mass is 357 g/mol. The van der Waals surface area contributed by atoms with E-state index in [4.69, 9.17) is 5.11 Å². The lowest BCUT2D eigenvalue weighted by Gasteiger charge is -2.36. The summed E-state index contributed by atoms with van der Waals surface area (Å²) in [6, 6.07) is 5.10. The van der Waals surface area contributed by atoms with Gasteiger partial charge < -0.3 is 5.11 Å². The minimum Gasteiger partial charge on any atom is -0.481 e. The predicted octanol–water partition coefficient (Wildman–Crippen LogP) is 4.23. The lowest BCUT2D eigenvalue weighted by molar-refractivity contribution is -0.137. The normalized spacial score (nSPS) is 18.6. The Balaban J connectivity index is 1.92. The lowest BCUT2D eigenvalue weighted by atomic mass is 9.91. The van der Waals surface area contributed by atoms with E-state index in [-0.39, 0.29) is 18.3 Å². The van der Waals surface area contributed by atoms with Crippen LogP contribution in [0.2, 0.25) is 0 Å². The van der Waals surface area contributed by atoms with Gasteiger partial charge in [-0.1, -0.05) is 15.9 Å². The molecule has 1 fully saturated rings. The average Bonchev–Trinajstić information content (AvgIpc) is 2.47. The van der Waals surface area contributed by atoms with Crippen LogP contribution in [-0.2, 0) is 4.79 Å². The van der Waals surface area contributed by atoms with Crippen LogP contribution in [-0.4, -0.2) is 29.1 Å². The summed E-state index contributed by atoms with van der Waals surface area (Å²) in [5.41, 5.74) is 0.716. The molecule has 1 heterocycles. The molecule has 21 heavy (non-hydrogen) atoms. The second kappa shape index (κ2) is 7.36. The first-order valence-corrected chi connectivity index (χ1v) is 8.17. The molecular weight excluding hydrogens is 337 g/mol. The van der Waals surface area contributed by atoms with Crippen LogP contribution >= 0.6 is 15.9 Å². The SMILES string of the molecule is CC(c1cc(Br)ccc1F)N1CCC(CCC(=O)O)CC1. The van der Waals surface area contributed by atoms with E-state index in [1.165, 1.54) is 6.07 Å². The Labute approximate surface area is 133 Å². The lowest BCUT2D eigenvalue weighted by Crippen LogP contribution is -2.36. The third-order valence-corrected chi connectivity index (χ3v) is 4.86. The van der Waals surface area contributed by atoms with Crippen molar-refractivity contribution in [1.82, 2.24) is 4.90 Å². The maximum atomic E-state index is 13.9. The maximum Gasteiger partial charge on any atom is 0.303 e. The fraction of sp³-hybridized carbons (Fsp3) is 0.562. The number of carboxylic acids is 1. The number of likely N-dealkylation sites (tertiary alicyclic amines) is 1. The molecule has 0 radical (unpaired) electrons. The molecule has 1 saturated heterocycles. The maximum absolute atomic E-state index is 13.9. The number of carboxylic acid groups (broad SMARTS) is 1. The Bertz CT molecular complexity index is 501. The van der Waals surface area contributed by atoms with E-state index in [9.17, 15) is 9.18 Å². The van der Waals surface area contributed by atoms with Crippen molar-refractivity contribution in [2.24, 2.45) is 5.92 Å². The molecule has 0 aromatic heterocycles. The van der Waals surface area contributed by atoms with Gasteiger partial charge >= 0.3 is 5.97 Å². The van der Waals surface area contributed by atoms with Crippen LogP contribution in [0.15, 0.2) is 22.7 Å². The highest BCUT2D eigenvalue weighted by Crippen LogP contribution is 2.31. The van der Waals surface area contributed by atoms with Gasteiger partial charge in [0, 0.05) is 22.5 Å². The molecule has 1 N–H and O–H groups in total. The summed E-state index contributed by atoms with van der Waals surface area (Å²) in [6.07, 6.45) is 2.99. The molecule has 0 saturated carbocycles. The van der Waals surface area contributed by atoms with E-state index in [0.717, 1.165) is 36.8 Å². The van der Waals surface area contributed by atoms with Crippen LogP contribution in [0, 0.1) is 11.7 Å². The smallest absolute Gasteiger partial charge is 0.303 e. The summed E-state index contributed by atoms with van der Waals surface area (Å²) in [4.78, 5) is 12.9. The average molecular weight is 358 g/mol. The number of halogens is 2. The number of nitrogens with zero attached hydrogens (tertiary/aromatic N) is 1. The number of hydrogen-bond donors (Lipinski definition) is 1. The van der Waals surface area contributed by atoms with Gasteiger partial charge in [0.05, 0.1) is 0 Å². The zero-order valence-electron chi connectivity index (χ0n) is 12.2. The summed E-state index contributed by atoms with van der Waals surface area (Å²) in [6.45, 7) is 3.83. The van der Waals surface area contributed by atoms with E-state index in [0.29, 0.717) is 11.5 Å². The van der Waals surface area contributed by atoms with Crippen molar-refractivity contribution in [1.29, 1.82) is 0 Å². The quantitative estimate of drug-likeness (QED) is 0.857. The largest absolute Gasteiger partial charge is 0.481 e. The van der Waals surface area contributed by atoms with Crippen molar-refractivity contribution >= 4 is 21.9 Å². The van der Waals surface area contributed by atoms with E-state index >= 15 is 0 Å². The third-order valence-electron chi connectivity index (χ3n) is 4.37. The highest BCUT2D eigenvalue weighted by molar-refractivity contribution is 9.10. The van der Waals surface area contributed by atoms with E-state index in [1.807, 2.05) is 13.0 Å². The van der Waals surface area contributed by atoms with Gasteiger partial charge in [0.1, 0.15) is 5.82 Å². The zero-order valence-corrected chi connectivity index (χ0v) is 13.8. The van der Waals surface area contributed by atoms with Gasteiger partial charge in [0.15, 0.2) is 0 Å². The molecule has 1 aliphatic heterocycles. The van der Waals surface area contributed by atoms with Gasteiger partial charge in [-0.05, 0) is 63.4 Å². The van der Waals surface area contributed by atoms with Gasteiger partial charge in [0.25, 0.3) is 0 Å². The van der Waals surface area contributed by atoms with Crippen molar-refractivity contribution in [2.45, 2.75) is 38.6 Å². The van der Waals surface area contributed by atoms with Crippen LogP contribution in [0.5, 0.6) is 0 Å². The number of piperidine rings is 1. The molecule has 0 aliphatic carbocycles. The molecule has 2 rings (SSSR count). The Kier molecular flexibility index (Phi) is 5.76. The Morgan fingerprint density at radius 3 is 2.76 bits per heavy atom. The molecule has 3 nitrogen and oxygen atoms in total. The molecule has 5 heteroatoms. The highest BCUT2D eigenvalue weighted by Gasteiger charge is 2.25. The van der Waals surface area contributed by atoms with Crippen molar-refractivity contribution < 1.29 is 14.3 Å². The molecule has 1 aliphatic rings. The van der Waals surface area contributed by atoms with Crippen LogP contribution < -0.4 is 0 Å². The molecule has 1 aromatic rings. The highest BCUT2D eigenvalue weighted by atomic mass is 79.9. The third kappa shape index (κ3) is 4.51. The Morgan fingerprint density at radius 1 is 1.48 bits per heavy atom. The molecule has 0 bridgehead atoms. The first-order chi connectivity index (χ1) is 9.97. The van der Waals surface area contributed by atoms with Crippen LogP contribution in [0.25, 0.3) is 0 Å². The Hall–Kier alpha value is -0.940. The van der Waals surface area contributed by atoms with Gasteiger partial charge in [-0.2, -0.15) is 0 Å². The number of benzene rings is 1. The van der Waals surface area contributed by atoms with E-state index in [2.05, 4.69) is 20.8 Å². The Morgan fingerprint density at radius 2 is 2.14 bits per heavy atom. The van der Waals surface area contributed by atoms with E-state index < -0.39 is 5.97 Å². The van der Waals surface area contributed by atoms with Crippen molar-refractivity contribution in [3.05, 3.63) is 34.1 Å². The first-order valence-electron chi connectivity index (χ1n) is 7.38. The second-order valence-electron chi connectivity index (χ2n) is 5.75. The number of carbonyl (C=O) groups is 1. The van der Waals surface area contributed by atoms with Crippen LogP contribution in [0.1, 0.15) is 44.2 Å². The number of hydrogen-bond acceptors (Lipinski definition) is 2. The number of rotatable bonds is 5. The molecule has 0 spiro atoms. The van der Waals surface area contributed by atoms with Crippen molar-refractivity contribution in [3.63, 3.8) is 0 Å². The van der Waals surface area contributed by atoms with Crippen molar-refractivity contribution in [3.8, 4) is 0 Å². The van der Waals surface area contributed by atoms with Crippen LogP contribution in [0.4, 0.5) is 4.39 Å². The summed E-state index contributed by atoms with van der Waals surface area (Å²) < 4.78 is 14.8. The molecule has 1 atom stereocenters. The fourth-order valence-corrected chi connectivity index (χ4v) is 3.37. The summed E-state index contributed by atoms with van der Waals surface area (Å²) in [7, 11) is 0. The summed E-state index contributed by atoms with van der Waals surface area (Å²) in [5.74, 6) is -0.405. The summed E-state index contributed by atoms with van der Waals surface area (Å²) >= 11 is 3.39. The predicted molar refractivity (Wildman–Crippen MR) is 83.7 cm³/mol. The topological polar surface area (TPSA) is 40.5 Å². The van der Waals surface area contributed by atoms with E-state index in [1.54, 1.807) is 6.07 Å². The molecular formula is C16H21BrFNO2. The molecule has 1 aromatic carbocycles. The molecule has 116 valence electrons. The minimum absolute atomic E-state index is 0.0444. The van der Waals surface area contributed by atoms with Gasteiger partial charge in [0.2, 0.25) is 0 Å². The van der Waals surface area contributed by atoms with Crippen molar-refractivity contribution in [2.75, 3.05) is 13.1 Å². The first kappa shape index (κ1) is 16.4. The fourth-order valence-electron chi connectivity index (χ4n) is 2.99. The van der Waals surface area contributed by atoms with Gasteiger partial charge in [-0.25, -0.2) is 4.39 Å². The van der Waals surface area contributed by atoms with Gasteiger partial charge in [-0.3, -0.25) is 9.69 Å².